The fourth-order valence-electron chi connectivity index (χ4n) is 3.65. The Kier molecular flexibility index (Phi) is 5.06. The zero-order chi connectivity index (χ0) is 14.6. The van der Waals surface area contributed by atoms with Crippen LogP contribution in [0.3, 0.4) is 0 Å². The van der Waals surface area contributed by atoms with Crippen LogP contribution in [0.4, 0.5) is 0 Å². The summed E-state index contributed by atoms with van der Waals surface area (Å²) in [6.07, 6.45) is 5.18. The molecule has 2 rings (SSSR count). The van der Waals surface area contributed by atoms with E-state index in [-0.39, 0.29) is 5.54 Å². The first-order chi connectivity index (χ1) is 9.64. The van der Waals surface area contributed by atoms with E-state index in [1.165, 1.54) is 31.2 Å². The average molecular weight is 276 g/mol. The second-order valence-electron chi connectivity index (χ2n) is 5.93. The van der Waals surface area contributed by atoms with Crippen molar-refractivity contribution in [3.05, 3.63) is 29.8 Å². The van der Waals surface area contributed by atoms with Gasteiger partial charge in [0.2, 0.25) is 0 Å². The lowest BCUT2D eigenvalue weighted by molar-refractivity contribution is 0.108. The summed E-state index contributed by atoms with van der Waals surface area (Å²) in [6, 6.07) is 8.95. The molecule has 1 fully saturated rings. The third-order valence-corrected chi connectivity index (χ3v) is 4.71. The third-order valence-electron chi connectivity index (χ3n) is 4.71. The van der Waals surface area contributed by atoms with Crippen molar-refractivity contribution in [3.8, 4) is 5.75 Å². The Morgan fingerprint density at radius 3 is 2.25 bits per heavy atom. The van der Waals surface area contributed by atoms with Crippen LogP contribution in [0.1, 0.15) is 44.2 Å². The van der Waals surface area contributed by atoms with Gasteiger partial charge in [-0.25, -0.2) is 0 Å². The summed E-state index contributed by atoms with van der Waals surface area (Å²) in [5, 5.41) is 3.55. The minimum atomic E-state index is 0.238. The number of benzene rings is 1. The summed E-state index contributed by atoms with van der Waals surface area (Å²) in [6.45, 7) is 2.74. The maximum absolute atomic E-state index is 5.54. The molecule has 1 saturated carbocycles. The van der Waals surface area contributed by atoms with Gasteiger partial charge in [-0.05, 0) is 58.6 Å². The molecule has 0 bridgehead atoms. The molecule has 1 N–H and O–H groups in total. The Bertz CT molecular complexity index is 408. The molecule has 3 heteroatoms. The van der Waals surface area contributed by atoms with E-state index in [9.17, 15) is 0 Å². The first-order valence-electron chi connectivity index (χ1n) is 7.71. The van der Waals surface area contributed by atoms with Gasteiger partial charge in [0, 0.05) is 5.54 Å². The van der Waals surface area contributed by atoms with Gasteiger partial charge in [-0.3, -0.25) is 0 Å². The predicted molar refractivity (Wildman–Crippen MR) is 84.3 cm³/mol. The topological polar surface area (TPSA) is 24.5 Å². The lowest BCUT2D eigenvalue weighted by atomic mass is 9.82. The predicted octanol–water partition coefficient (Wildman–Crippen LogP) is 3.22. The minimum Gasteiger partial charge on any atom is -0.494 e. The first-order valence-corrected chi connectivity index (χ1v) is 7.71. The van der Waals surface area contributed by atoms with E-state index in [1.807, 2.05) is 6.92 Å². The van der Waals surface area contributed by atoms with Crippen molar-refractivity contribution in [3.63, 3.8) is 0 Å². The summed E-state index contributed by atoms with van der Waals surface area (Å²) in [4.78, 5) is 2.41. The Morgan fingerprint density at radius 1 is 1.20 bits per heavy atom. The Hall–Kier alpha value is -1.06. The van der Waals surface area contributed by atoms with Crippen LogP contribution in [0.15, 0.2) is 24.3 Å². The second kappa shape index (κ2) is 6.59. The van der Waals surface area contributed by atoms with Crippen molar-refractivity contribution in [1.82, 2.24) is 10.2 Å². The highest BCUT2D eigenvalue weighted by molar-refractivity contribution is 5.31. The number of nitrogens with zero attached hydrogens (tertiary/aromatic N) is 1. The van der Waals surface area contributed by atoms with E-state index in [0.717, 1.165) is 12.4 Å². The summed E-state index contributed by atoms with van der Waals surface area (Å²) >= 11 is 0. The monoisotopic (exact) mass is 276 g/mol. The van der Waals surface area contributed by atoms with E-state index >= 15 is 0 Å². The molecule has 0 saturated heterocycles. The van der Waals surface area contributed by atoms with Gasteiger partial charge in [0.05, 0.1) is 12.6 Å². The Morgan fingerprint density at radius 2 is 1.80 bits per heavy atom. The van der Waals surface area contributed by atoms with Crippen molar-refractivity contribution in [2.24, 2.45) is 0 Å². The summed E-state index contributed by atoms with van der Waals surface area (Å²) in [5.74, 6) is 0.955. The zero-order valence-corrected chi connectivity index (χ0v) is 13.3. The molecule has 0 heterocycles. The molecule has 1 aliphatic carbocycles. The van der Waals surface area contributed by atoms with E-state index in [2.05, 4.69) is 55.6 Å². The number of nitrogens with one attached hydrogen (secondary N) is 1. The van der Waals surface area contributed by atoms with Gasteiger partial charge in [0.1, 0.15) is 5.75 Å². The van der Waals surface area contributed by atoms with Crippen molar-refractivity contribution in [1.29, 1.82) is 0 Å². The van der Waals surface area contributed by atoms with E-state index in [1.54, 1.807) is 0 Å². The number of rotatable bonds is 6. The average Bonchev–Trinajstić information content (AvgIpc) is 2.93. The van der Waals surface area contributed by atoms with Crippen molar-refractivity contribution in [2.75, 3.05) is 27.7 Å². The molecule has 0 amide bonds. The molecular weight excluding hydrogens is 248 g/mol. The van der Waals surface area contributed by atoms with Crippen LogP contribution in [0.25, 0.3) is 0 Å². The van der Waals surface area contributed by atoms with Gasteiger partial charge in [-0.1, -0.05) is 25.0 Å². The summed E-state index contributed by atoms with van der Waals surface area (Å²) in [7, 11) is 6.50. The first kappa shape index (κ1) is 15.3. The van der Waals surface area contributed by atoms with E-state index in [4.69, 9.17) is 4.74 Å². The number of hydrogen-bond donors (Lipinski definition) is 1. The highest BCUT2D eigenvalue weighted by Gasteiger charge is 2.43. The van der Waals surface area contributed by atoms with Crippen molar-refractivity contribution >= 4 is 0 Å². The maximum atomic E-state index is 5.54. The fourth-order valence-corrected chi connectivity index (χ4v) is 3.65. The fraction of sp³-hybridized carbons (Fsp3) is 0.647. The lowest BCUT2D eigenvalue weighted by Crippen LogP contribution is -2.51. The van der Waals surface area contributed by atoms with Crippen LogP contribution < -0.4 is 10.1 Å². The molecule has 1 atom stereocenters. The van der Waals surface area contributed by atoms with Crippen LogP contribution in [0.5, 0.6) is 5.75 Å². The molecule has 20 heavy (non-hydrogen) atoms. The standard InChI is InChI=1S/C17H28N2O/c1-5-20-15-10-8-14(9-11-15)16(18-2)17(19(3)4)12-6-7-13-17/h8-11,16,18H,5-7,12-13H2,1-4H3. The molecular formula is C17H28N2O. The van der Waals surface area contributed by atoms with Gasteiger partial charge >= 0.3 is 0 Å². The molecule has 0 aromatic heterocycles. The van der Waals surface area contributed by atoms with Gasteiger partial charge in [0.25, 0.3) is 0 Å². The van der Waals surface area contributed by atoms with Crippen LogP contribution in [0.2, 0.25) is 0 Å². The maximum Gasteiger partial charge on any atom is 0.119 e. The highest BCUT2D eigenvalue weighted by Crippen LogP contribution is 2.43. The molecule has 0 radical (unpaired) electrons. The Balaban J connectivity index is 2.26. The van der Waals surface area contributed by atoms with Gasteiger partial charge in [0.15, 0.2) is 0 Å². The minimum absolute atomic E-state index is 0.238. The van der Waals surface area contributed by atoms with Crippen LogP contribution >= 0.6 is 0 Å². The molecule has 0 aliphatic heterocycles. The van der Waals surface area contributed by atoms with Crippen molar-refractivity contribution < 1.29 is 4.74 Å². The SMILES string of the molecule is CCOc1ccc(C(NC)C2(N(C)C)CCCC2)cc1. The number of ether oxygens (including phenoxy) is 1. The molecule has 3 nitrogen and oxygen atoms in total. The molecule has 1 aliphatic rings. The Labute approximate surface area is 123 Å². The van der Waals surface area contributed by atoms with E-state index in [0.29, 0.717) is 6.04 Å². The molecule has 1 unspecified atom stereocenters. The molecule has 112 valence electrons. The highest BCUT2D eigenvalue weighted by atomic mass is 16.5. The lowest BCUT2D eigenvalue weighted by Gasteiger charge is -2.43. The third kappa shape index (κ3) is 2.84. The van der Waals surface area contributed by atoms with Gasteiger partial charge in [-0.2, -0.15) is 0 Å². The largest absolute Gasteiger partial charge is 0.494 e. The van der Waals surface area contributed by atoms with Gasteiger partial charge < -0.3 is 15.0 Å². The van der Waals surface area contributed by atoms with Gasteiger partial charge in [-0.15, -0.1) is 0 Å². The normalized spacial score (nSPS) is 19.2. The number of likely N-dealkylation sites (N-methyl/N-ethyl adjacent to an activating group) is 2. The number of hydrogen-bond acceptors (Lipinski definition) is 3. The molecule has 1 aromatic carbocycles. The van der Waals surface area contributed by atoms with Crippen LogP contribution in [-0.2, 0) is 0 Å². The van der Waals surface area contributed by atoms with E-state index < -0.39 is 0 Å². The van der Waals surface area contributed by atoms with Crippen LogP contribution in [-0.4, -0.2) is 38.2 Å². The summed E-state index contributed by atoms with van der Waals surface area (Å²) < 4.78 is 5.54. The molecule has 1 aromatic rings. The van der Waals surface area contributed by atoms with Crippen LogP contribution in [0, 0.1) is 0 Å². The summed E-state index contributed by atoms with van der Waals surface area (Å²) in [5.41, 5.74) is 1.59. The zero-order valence-electron chi connectivity index (χ0n) is 13.3. The smallest absolute Gasteiger partial charge is 0.119 e. The molecule has 0 spiro atoms. The second-order valence-corrected chi connectivity index (χ2v) is 5.93. The van der Waals surface area contributed by atoms with Crippen molar-refractivity contribution in [2.45, 2.75) is 44.2 Å². The quantitative estimate of drug-likeness (QED) is 0.863.